The number of rotatable bonds is 4. The van der Waals surface area contributed by atoms with Gasteiger partial charge in [0.05, 0.1) is 0 Å². The van der Waals surface area contributed by atoms with Crippen molar-refractivity contribution in [2.75, 3.05) is 20.2 Å². The fraction of sp³-hybridized carbons (Fsp3) is 0.417. The quantitative estimate of drug-likeness (QED) is 0.916. The van der Waals surface area contributed by atoms with Crippen molar-refractivity contribution >= 4 is 21.8 Å². The first-order valence-corrected chi connectivity index (χ1v) is 5.93. The summed E-state index contributed by atoms with van der Waals surface area (Å²) >= 11 is 3.43. The fourth-order valence-corrected chi connectivity index (χ4v) is 1.85. The third-order valence-corrected chi connectivity index (χ3v) is 3.08. The zero-order valence-electron chi connectivity index (χ0n) is 9.53. The molecule has 0 fully saturated rings. The Bertz CT molecular complexity index is 379. The van der Waals surface area contributed by atoms with E-state index in [1.165, 1.54) is 11.1 Å². The third-order valence-electron chi connectivity index (χ3n) is 2.59. The number of likely N-dealkylation sites (N-methyl/N-ethyl adjacent to an activating group) is 1. The van der Waals surface area contributed by atoms with Crippen LogP contribution in [-0.2, 0) is 11.2 Å². The number of aryl methyl sites for hydroxylation is 1. The summed E-state index contributed by atoms with van der Waals surface area (Å²) in [7, 11) is 1.70. The van der Waals surface area contributed by atoms with Gasteiger partial charge < -0.3 is 10.0 Å². The Balaban J connectivity index is 2.60. The Morgan fingerprint density at radius 1 is 1.50 bits per heavy atom. The average Bonchev–Trinajstić information content (AvgIpc) is 2.28. The molecule has 0 bridgehead atoms. The average molecular weight is 286 g/mol. The van der Waals surface area contributed by atoms with Gasteiger partial charge in [-0.05, 0) is 36.6 Å². The number of benzene rings is 1. The number of hydrogen-bond acceptors (Lipinski definition) is 2. The number of nitrogens with zero attached hydrogens (tertiary/aromatic N) is 1. The smallest absolute Gasteiger partial charge is 0.248 e. The highest BCUT2D eigenvalue weighted by Crippen LogP contribution is 2.16. The molecular weight excluding hydrogens is 270 g/mol. The van der Waals surface area contributed by atoms with Gasteiger partial charge in [-0.25, -0.2) is 0 Å². The van der Waals surface area contributed by atoms with Crippen LogP contribution in [0, 0.1) is 6.92 Å². The molecule has 1 N–H and O–H groups in total. The van der Waals surface area contributed by atoms with E-state index in [1.807, 2.05) is 12.1 Å². The van der Waals surface area contributed by atoms with Gasteiger partial charge in [-0.1, -0.05) is 22.0 Å². The summed E-state index contributed by atoms with van der Waals surface area (Å²) in [5.41, 5.74) is 2.43. The summed E-state index contributed by atoms with van der Waals surface area (Å²) in [6, 6.07) is 6.11. The Labute approximate surface area is 104 Å². The lowest BCUT2D eigenvalue weighted by atomic mass is 10.1. The second kappa shape index (κ2) is 6.01. The predicted octanol–water partition coefficient (Wildman–Crippen LogP) is 1.75. The molecular formula is C12H16BrNO2. The number of aliphatic hydroxyl groups excluding tert-OH is 1. The molecule has 88 valence electrons. The highest BCUT2D eigenvalue weighted by Gasteiger charge is 2.07. The molecule has 4 heteroatoms. The third kappa shape index (κ3) is 3.61. The van der Waals surface area contributed by atoms with Gasteiger partial charge in [0.2, 0.25) is 5.91 Å². The number of halogens is 1. The fourth-order valence-electron chi connectivity index (χ4n) is 1.44. The lowest BCUT2D eigenvalue weighted by molar-refractivity contribution is -0.132. The summed E-state index contributed by atoms with van der Waals surface area (Å²) in [6.07, 6.45) is 0.799. The lowest BCUT2D eigenvalue weighted by Crippen LogP contribution is -2.31. The van der Waals surface area contributed by atoms with Crippen LogP contribution >= 0.6 is 15.9 Å². The molecule has 0 aliphatic heterocycles. The zero-order valence-corrected chi connectivity index (χ0v) is 11.1. The van der Waals surface area contributed by atoms with Crippen LogP contribution in [0.4, 0.5) is 0 Å². The van der Waals surface area contributed by atoms with Gasteiger partial charge in [-0.15, -0.1) is 0 Å². The van der Waals surface area contributed by atoms with Gasteiger partial charge in [0.25, 0.3) is 0 Å². The number of carbonyl (C=O) groups excluding carboxylic acids is 1. The van der Waals surface area contributed by atoms with Crippen molar-refractivity contribution in [2.45, 2.75) is 13.3 Å². The Hall–Kier alpha value is -0.870. The zero-order chi connectivity index (χ0) is 12.1. The molecule has 1 rings (SSSR count). The second-order valence-electron chi connectivity index (χ2n) is 3.79. The maximum atomic E-state index is 11.2. The van der Waals surface area contributed by atoms with Crippen molar-refractivity contribution in [3.8, 4) is 0 Å². The van der Waals surface area contributed by atoms with E-state index in [9.17, 15) is 4.79 Å². The van der Waals surface area contributed by atoms with Crippen molar-refractivity contribution in [1.29, 1.82) is 0 Å². The van der Waals surface area contributed by atoms with E-state index in [2.05, 4.69) is 28.9 Å². The molecule has 0 saturated carbocycles. The molecule has 3 nitrogen and oxygen atoms in total. The van der Waals surface area contributed by atoms with Crippen LogP contribution in [0.25, 0.3) is 0 Å². The molecule has 0 radical (unpaired) electrons. The molecule has 0 aliphatic carbocycles. The van der Waals surface area contributed by atoms with Gasteiger partial charge in [0.15, 0.2) is 0 Å². The minimum atomic E-state index is -0.423. The molecule has 0 aromatic heterocycles. The molecule has 0 aliphatic rings. The van der Waals surface area contributed by atoms with Crippen LogP contribution in [0.5, 0.6) is 0 Å². The normalized spacial score (nSPS) is 10.2. The van der Waals surface area contributed by atoms with E-state index in [4.69, 9.17) is 5.11 Å². The summed E-state index contributed by atoms with van der Waals surface area (Å²) < 4.78 is 1.05. The van der Waals surface area contributed by atoms with E-state index in [1.54, 1.807) is 11.9 Å². The van der Waals surface area contributed by atoms with E-state index in [0.29, 0.717) is 6.54 Å². The summed E-state index contributed by atoms with van der Waals surface area (Å²) in [6.45, 7) is 2.25. The van der Waals surface area contributed by atoms with Gasteiger partial charge in [0, 0.05) is 18.1 Å². The van der Waals surface area contributed by atoms with Crippen molar-refractivity contribution in [1.82, 2.24) is 4.90 Å². The number of aliphatic hydroxyl groups is 1. The first kappa shape index (κ1) is 13.2. The van der Waals surface area contributed by atoms with Gasteiger partial charge in [-0.2, -0.15) is 0 Å². The molecule has 1 amide bonds. The van der Waals surface area contributed by atoms with Crippen LogP contribution in [-0.4, -0.2) is 36.1 Å². The largest absolute Gasteiger partial charge is 0.387 e. The van der Waals surface area contributed by atoms with E-state index < -0.39 is 6.61 Å². The molecule has 0 atom stereocenters. The predicted molar refractivity (Wildman–Crippen MR) is 67.3 cm³/mol. The lowest BCUT2D eigenvalue weighted by Gasteiger charge is -2.16. The van der Waals surface area contributed by atoms with E-state index >= 15 is 0 Å². The Morgan fingerprint density at radius 3 is 2.81 bits per heavy atom. The topological polar surface area (TPSA) is 40.5 Å². The summed E-state index contributed by atoms with van der Waals surface area (Å²) in [4.78, 5) is 12.7. The Kier molecular flexibility index (Phi) is 4.96. The minimum Gasteiger partial charge on any atom is -0.387 e. The van der Waals surface area contributed by atoms with Crippen molar-refractivity contribution in [3.63, 3.8) is 0 Å². The highest BCUT2D eigenvalue weighted by atomic mass is 79.9. The van der Waals surface area contributed by atoms with Gasteiger partial charge in [-0.3, -0.25) is 4.79 Å². The number of carbonyl (C=O) groups is 1. The molecule has 1 aromatic rings. The molecule has 0 heterocycles. The van der Waals surface area contributed by atoms with Crippen molar-refractivity contribution in [2.24, 2.45) is 0 Å². The first-order chi connectivity index (χ1) is 7.54. The molecule has 0 spiro atoms. The molecule has 0 saturated heterocycles. The van der Waals surface area contributed by atoms with Crippen molar-refractivity contribution < 1.29 is 9.90 Å². The minimum absolute atomic E-state index is 0.243. The van der Waals surface area contributed by atoms with E-state index in [-0.39, 0.29) is 5.91 Å². The highest BCUT2D eigenvalue weighted by molar-refractivity contribution is 9.10. The maximum absolute atomic E-state index is 11.2. The van der Waals surface area contributed by atoms with Crippen LogP contribution < -0.4 is 0 Å². The SMILES string of the molecule is Cc1ccc(Br)cc1CCN(C)C(=O)CO. The Morgan fingerprint density at radius 2 is 2.19 bits per heavy atom. The second-order valence-corrected chi connectivity index (χ2v) is 4.71. The van der Waals surface area contributed by atoms with Crippen LogP contribution in [0.2, 0.25) is 0 Å². The van der Waals surface area contributed by atoms with Crippen LogP contribution in [0.15, 0.2) is 22.7 Å². The summed E-state index contributed by atoms with van der Waals surface area (Å²) in [5.74, 6) is -0.243. The van der Waals surface area contributed by atoms with Crippen LogP contribution in [0.1, 0.15) is 11.1 Å². The summed E-state index contributed by atoms with van der Waals surface area (Å²) in [5, 5.41) is 8.70. The number of hydrogen-bond donors (Lipinski definition) is 1. The maximum Gasteiger partial charge on any atom is 0.248 e. The first-order valence-electron chi connectivity index (χ1n) is 5.14. The van der Waals surface area contributed by atoms with Crippen LogP contribution in [0.3, 0.4) is 0 Å². The monoisotopic (exact) mass is 285 g/mol. The molecule has 16 heavy (non-hydrogen) atoms. The van der Waals surface area contributed by atoms with Crippen molar-refractivity contribution in [3.05, 3.63) is 33.8 Å². The molecule has 1 aromatic carbocycles. The van der Waals surface area contributed by atoms with E-state index in [0.717, 1.165) is 10.9 Å². The number of amides is 1. The standard InChI is InChI=1S/C12H16BrNO2/c1-9-3-4-11(13)7-10(9)5-6-14(2)12(16)8-15/h3-4,7,15H,5-6,8H2,1-2H3. The molecule has 0 unspecified atom stereocenters. The van der Waals surface area contributed by atoms with Gasteiger partial charge in [0.1, 0.15) is 6.61 Å². The van der Waals surface area contributed by atoms with Gasteiger partial charge >= 0.3 is 0 Å².